The van der Waals surface area contributed by atoms with Crippen LogP contribution in [0.5, 0.6) is 0 Å². The number of rotatable bonds is 1. The first kappa shape index (κ1) is 12.8. The molecule has 1 fully saturated rings. The van der Waals surface area contributed by atoms with Crippen molar-refractivity contribution in [2.24, 2.45) is 0 Å². The number of carbonyl (C=O) groups is 1. The lowest BCUT2D eigenvalue weighted by atomic mass is 10.1. The SMILES string of the molecule is CC1CN(C(=O)c2ccc(F)cc2I)CCN1. The van der Waals surface area contributed by atoms with Gasteiger partial charge in [-0.05, 0) is 47.7 Å². The van der Waals surface area contributed by atoms with Gasteiger partial charge in [0.2, 0.25) is 0 Å². The molecule has 0 aromatic heterocycles. The van der Waals surface area contributed by atoms with E-state index in [-0.39, 0.29) is 11.7 Å². The highest BCUT2D eigenvalue weighted by molar-refractivity contribution is 14.1. The molecule has 1 saturated heterocycles. The van der Waals surface area contributed by atoms with Gasteiger partial charge in [-0.25, -0.2) is 4.39 Å². The predicted molar refractivity (Wildman–Crippen MR) is 72.5 cm³/mol. The van der Waals surface area contributed by atoms with Crippen LogP contribution in [0.2, 0.25) is 0 Å². The molecule has 2 rings (SSSR count). The Hall–Kier alpha value is -0.690. The minimum absolute atomic E-state index is 0.0113. The molecule has 0 radical (unpaired) electrons. The Morgan fingerprint density at radius 1 is 1.59 bits per heavy atom. The summed E-state index contributed by atoms with van der Waals surface area (Å²) in [6.45, 7) is 4.27. The molecule has 0 saturated carbocycles. The van der Waals surface area contributed by atoms with E-state index in [1.807, 2.05) is 27.5 Å². The summed E-state index contributed by atoms with van der Waals surface area (Å²) in [7, 11) is 0. The molecule has 5 heteroatoms. The Morgan fingerprint density at radius 3 is 3.00 bits per heavy atom. The van der Waals surface area contributed by atoms with Gasteiger partial charge in [0.1, 0.15) is 5.82 Å². The van der Waals surface area contributed by atoms with E-state index in [4.69, 9.17) is 0 Å². The fraction of sp³-hybridized carbons (Fsp3) is 0.417. The first-order chi connectivity index (χ1) is 8.08. The summed E-state index contributed by atoms with van der Waals surface area (Å²) < 4.78 is 13.6. The highest BCUT2D eigenvalue weighted by Gasteiger charge is 2.23. The van der Waals surface area contributed by atoms with Gasteiger partial charge in [-0.1, -0.05) is 0 Å². The largest absolute Gasteiger partial charge is 0.336 e. The third-order valence-corrected chi connectivity index (χ3v) is 3.71. The minimum Gasteiger partial charge on any atom is -0.336 e. The van der Waals surface area contributed by atoms with Crippen molar-refractivity contribution in [1.82, 2.24) is 10.2 Å². The fourth-order valence-corrected chi connectivity index (χ4v) is 2.66. The van der Waals surface area contributed by atoms with Crippen molar-refractivity contribution in [3.8, 4) is 0 Å². The van der Waals surface area contributed by atoms with E-state index in [0.29, 0.717) is 28.3 Å². The van der Waals surface area contributed by atoms with Gasteiger partial charge in [-0.15, -0.1) is 0 Å². The molecule has 1 N–H and O–H groups in total. The van der Waals surface area contributed by atoms with Crippen LogP contribution in [0.4, 0.5) is 4.39 Å². The zero-order valence-electron chi connectivity index (χ0n) is 9.54. The molecule has 1 aromatic carbocycles. The second kappa shape index (κ2) is 5.30. The molecular formula is C12H14FIN2O. The van der Waals surface area contributed by atoms with E-state index in [0.717, 1.165) is 6.54 Å². The zero-order valence-corrected chi connectivity index (χ0v) is 11.7. The van der Waals surface area contributed by atoms with Crippen molar-refractivity contribution in [3.05, 3.63) is 33.1 Å². The van der Waals surface area contributed by atoms with Crippen molar-refractivity contribution in [1.29, 1.82) is 0 Å². The summed E-state index contributed by atoms with van der Waals surface area (Å²) in [6, 6.07) is 4.60. The van der Waals surface area contributed by atoms with Crippen LogP contribution >= 0.6 is 22.6 Å². The van der Waals surface area contributed by atoms with Crippen LogP contribution in [0.3, 0.4) is 0 Å². The Bertz CT molecular complexity index is 439. The number of halogens is 2. The molecule has 1 atom stereocenters. The van der Waals surface area contributed by atoms with Crippen LogP contribution < -0.4 is 5.32 Å². The molecule has 0 aliphatic carbocycles. The average molecular weight is 348 g/mol. The maximum absolute atomic E-state index is 13.0. The number of hydrogen-bond acceptors (Lipinski definition) is 2. The first-order valence-electron chi connectivity index (χ1n) is 5.55. The quantitative estimate of drug-likeness (QED) is 0.786. The molecule has 1 aliphatic rings. The second-order valence-corrected chi connectivity index (χ2v) is 5.39. The van der Waals surface area contributed by atoms with Crippen LogP contribution in [0, 0.1) is 9.39 Å². The number of nitrogens with one attached hydrogen (secondary N) is 1. The maximum atomic E-state index is 13.0. The molecule has 0 bridgehead atoms. The van der Waals surface area contributed by atoms with Crippen molar-refractivity contribution in [3.63, 3.8) is 0 Å². The molecule has 1 aliphatic heterocycles. The van der Waals surface area contributed by atoms with Crippen LogP contribution in [-0.2, 0) is 0 Å². The van der Waals surface area contributed by atoms with Crippen LogP contribution in [0.15, 0.2) is 18.2 Å². The number of carbonyl (C=O) groups excluding carboxylic acids is 1. The predicted octanol–water partition coefficient (Wildman–Crippen LogP) is 1.86. The van der Waals surface area contributed by atoms with Gasteiger partial charge in [-0.2, -0.15) is 0 Å². The molecule has 0 spiro atoms. The van der Waals surface area contributed by atoms with Gasteiger partial charge in [0, 0.05) is 29.2 Å². The molecule has 1 unspecified atom stereocenters. The lowest BCUT2D eigenvalue weighted by Gasteiger charge is -2.32. The third kappa shape index (κ3) is 2.95. The Morgan fingerprint density at radius 2 is 2.35 bits per heavy atom. The van der Waals surface area contributed by atoms with Crippen molar-refractivity contribution in [2.75, 3.05) is 19.6 Å². The van der Waals surface area contributed by atoms with Crippen LogP contribution in [0.25, 0.3) is 0 Å². The molecule has 1 heterocycles. The van der Waals surface area contributed by atoms with E-state index in [9.17, 15) is 9.18 Å². The topological polar surface area (TPSA) is 32.3 Å². The summed E-state index contributed by atoms with van der Waals surface area (Å²) in [5, 5.41) is 3.29. The zero-order chi connectivity index (χ0) is 12.4. The minimum atomic E-state index is -0.306. The second-order valence-electron chi connectivity index (χ2n) is 4.23. The van der Waals surface area contributed by atoms with Crippen LogP contribution in [0.1, 0.15) is 17.3 Å². The lowest BCUT2D eigenvalue weighted by Crippen LogP contribution is -2.51. The van der Waals surface area contributed by atoms with Gasteiger partial charge in [-0.3, -0.25) is 4.79 Å². The fourth-order valence-electron chi connectivity index (χ4n) is 1.95. The summed E-state index contributed by atoms with van der Waals surface area (Å²) in [6.07, 6.45) is 0. The van der Waals surface area contributed by atoms with Crippen molar-refractivity contribution < 1.29 is 9.18 Å². The van der Waals surface area contributed by atoms with E-state index >= 15 is 0 Å². The first-order valence-corrected chi connectivity index (χ1v) is 6.63. The summed E-state index contributed by atoms with van der Waals surface area (Å²) in [5.74, 6) is -0.317. The molecule has 92 valence electrons. The molecular weight excluding hydrogens is 334 g/mol. The molecule has 1 aromatic rings. The molecule has 3 nitrogen and oxygen atoms in total. The lowest BCUT2D eigenvalue weighted by molar-refractivity contribution is 0.0708. The third-order valence-electron chi connectivity index (χ3n) is 2.82. The van der Waals surface area contributed by atoms with Gasteiger partial charge < -0.3 is 10.2 Å². The Kier molecular flexibility index (Phi) is 3.98. The summed E-state index contributed by atoms with van der Waals surface area (Å²) in [4.78, 5) is 14.1. The van der Waals surface area contributed by atoms with Gasteiger partial charge in [0.05, 0.1) is 5.56 Å². The molecule has 17 heavy (non-hydrogen) atoms. The highest BCUT2D eigenvalue weighted by atomic mass is 127. The maximum Gasteiger partial charge on any atom is 0.255 e. The van der Waals surface area contributed by atoms with Crippen LogP contribution in [-0.4, -0.2) is 36.5 Å². The van der Waals surface area contributed by atoms with Gasteiger partial charge in [0.15, 0.2) is 0 Å². The van der Waals surface area contributed by atoms with E-state index < -0.39 is 0 Å². The van der Waals surface area contributed by atoms with Crippen molar-refractivity contribution >= 4 is 28.5 Å². The number of hydrogen-bond donors (Lipinski definition) is 1. The van der Waals surface area contributed by atoms with Crippen molar-refractivity contribution in [2.45, 2.75) is 13.0 Å². The number of amides is 1. The van der Waals surface area contributed by atoms with E-state index in [1.165, 1.54) is 12.1 Å². The van der Waals surface area contributed by atoms with E-state index in [2.05, 4.69) is 12.2 Å². The monoisotopic (exact) mass is 348 g/mol. The normalized spacial score (nSPS) is 20.4. The standard InChI is InChI=1S/C12H14FIN2O/c1-8-7-16(5-4-15-8)12(17)10-3-2-9(13)6-11(10)14/h2-3,6,8,15H,4-5,7H2,1H3. The van der Waals surface area contributed by atoms with Gasteiger partial charge >= 0.3 is 0 Å². The molecule has 1 amide bonds. The summed E-state index contributed by atoms with van der Waals surface area (Å²) in [5.41, 5.74) is 0.584. The number of nitrogens with zero attached hydrogens (tertiary/aromatic N) is 1. The van der Waals surface area contributed by atoms with Gasteiger partial charge in [0.25, 0.3) is 5.91 Å². The van der Waals surface area contributed by atoms with E-state index in [1.54, 1.807) is 6.07 Å². The Labute approximate surface area is 114 Å². The number of benzene rings is 1. The summed E-state index contributed by atoms with van der Waals surface area (Å²) >= 11 is 2.00. The Balaban J connectivity index is 2.18. The number of piperazine rings is 1. The highest BCUT2D eigenvalue weighted by Crippen LogP contribution is 2.16. The average Bonchev–Trinajstić information content (AvgIpc) is 2.28. The smallest absolute Gasteiger partial charge is 0.255 e.